The Morgan fingerprint density at radius 1 is 1.42 bits per heavy atom. The van der Waals surface area contributed by atoms with Gasteiger partial charge in [0.1, 0.15) is 0 Å². The zero-order valence-corrected chi connectivity index (χ0v) is 12.9. The first-order valence-corrected chi connectivity index (χ1v) is 9.64. The van der Waals surface area contributed by atoms with Crippen LogP contribution in [0.25, 0.3) is 0 Å². The number of thioether (sulfide) groups is 2. The van der Waals surface area contributed by atoms with E-state index in [0.717, 1.165) is 22.8 Å². The molecule has 3 N–H and O–H groups in total. The highest BCUT2D eigenvalue weighted by atomic mass is 32.2. The minimum atomic E-state index is -3.51. The number of nitrogens with one attached hydrogen (secondary N) is 1. The average molecular weight is 319 g/mol. The highest BCUT2D eigenvalue weighted by Crippen LogP contribution is 2.23. The molecule has 1 aromatic heterocycles. The number of rotatable bonds is 5. The van der Waals surface area contributed by atoms with Crippen LogP contribution in [0.15, 0.2) is 23.4 Å². The highest BCUT2D eigenvalue weighted by Gasteiger charge is 2.20. The highest BCUT2D eigenvalue weighted by molar-refractivity contribution is 8.06. The zero-order chi connectivity index (χ0) is 13.7. The Morgan fingerprint density at radius 3 is 2.84 bits per heavy atom. The van der Waals surface area contributed by atoms with Gasteiger partial charge in [-0.25, -0.2) is 18.1 Å². The topological polar surface area (TPSA) is 85.1 Å². The summed E-state index contributed by atoms with van der Waals surface area (Å²) in [4.78, 5) is 3.94. The van der Waals surface area contributed by atoms with E-state index in [0.29, 0.717) is 18.3 Å². The van der Waals surface area contributed by atoms with Crippen LogP contribution in [-0.2, 0) is 16.6 Å². The summed E-state index contributed by atoms with van der Waals surface area (Å²) in [6.45, 7) is 0.816. The minimum absolute atomic E-state index is 0.0539. The van der Waals surface area contributed by atoms with Crippen molar-refractivity contribution in [2.24, 2.45) is 5.73 Å². The number of aromatic nitrogens is 1. The molecule has 1 aromatic rings. The molecule has 19 heavy (non-hydrogen) atoms. The molecule has 1 aliphatic rings. The first-order chi connectivity index (χ1) is 9.12. The van der Waals surface area contributed by atoms with Gasteiger partial charge >= 0.3 is 0 Å². The predicted octanol–water partition coefficient (Wildman–Crippen LogP) is 0.667. The monoisotopic (exact) mass is 319 g/mol. The Kier molecular flexibility index (Phi) is 5.52. The van der Waals surface area contributed by atoms with E-state index in [-0.39, 0.29) is 5.03 Å². The van der Waals surface area contributed by atoms with E-state index < -0.39 is 10.0 Å². The Morgan fingerprint density at radius 2 is 2.26 bits per heavy atom. The molecule has 2 heterocycles. The summed E-state index contributed by atoms with van der Waals surface area (Å²) in [5, 5.41) is 0.398. The molecule has 0 bridgehead atoms. The Labute approximate surface area is 122 Å². The van der Waals surface area contributed by atoms with Crippen LogP contribution in [-0.4, -0.2) is 42.5 Å². The molecular weight excluding hydrogens is 302 g/mol. The number of pyridine rings is 1. The van der Waals surface area contributed by atoms with E-state index in [1.54, 1.807) is 6.07 Å². The van der Waals surface area contributed by atoms with Gasteiger partial charge in [0.25, 0.3) is 10.0 Å². The fourth-order valence-electron chi connectivity index (χ4n) is 1.62. The van der Waals surface area contributed by atoms with Crippen LogP contribution in [0, 0.1) is 0 Å². The van der Waals surface area contributed by atoms with E-state index in [2.05, 4.69) is 9.71 Å². The van der Waals surface area contributed by atoms with Crippen molar-refractivity contribution in [3.8, 4) is 0 Å². The van der Waals surface area contributed by atoms with Crippen molar-refractivity contribution in [3.63, 3.8) is 0 Å². The summed E-state index contributed by atoms with van der Waals surface area (Å²) in [5.41, 5.74) is 6.27. The third-order valence-electron chi connectivity index (χ3n) is 2.69. The molecule has 0 aromatic carbocycles. The third-order valence-corrected chi connectivity index (χ3v) is 6.88. The SMILES string of the molecule is NCc1ccc(S(=O)(=O)NCC2CSCCS2)nc1. The number of hydrogen-bond acceptors (Lipinski definition) is 6. The van der Waals surface area contributed by atoms with E-state index in [1.807, 2.05) is 23.5 Å². The molecule has 1 unspecified atom stereocenters. The number of nitrogens with two attached hydrogens (primary N) is 1. The molecule has 1 fully saturated rings. The van der Waals surface area contributed by atoms with Crippen LogP contribution < -0.4 is 10.5 Å². The lowest BCUT2D eigenvalue weighted by atomic mass is 10.3. The molecule has 0 aliphatic carbocycles. The molecule has 106 valence electrons. The molecule has 5 nitrogen and oxygen atoms in total. The summed E-state index contributed by atoms with van der Waals surface area (Å²) >= 11 is 3.69. The quantitative estimate of drug-likeness (QED) is 0.830. The van der Waals surface area contributed by atoms with Crippen molar-refractivity contribution in [1.29, 1.82) is 0 Å². The average Bonchev–Trinajstić information content (AvgIpc) is 2.46. The predicted molar refractivity (Wildman–Crippen MR) is 80.9 cm³/mol. The van der Waals surface area contributed by atoms with Crippen LogP contribution in [0.4, 0.5) is 0 Å². The fraction of sp³-hybridized carbons (Fsp3) is 0.545. The summed E-state index contributed by atoms with van der Waals surface area (Å²) in [5.74, 6) is 3.23. The number of sulfonamides is 1. The fourth-order valence-corrected chi connectivity index (χ4v) is 5.35. The van der Waals surface area contributed by atoms with Crippen molar-refractivity contribution < 1.29 is 8.42 Å². The molecule has 1 saturated heterocycles. The van der Waals surface area contributed by atoms with E-state index in [1.165, 1.54) is 12.3 Å². The lowest BCUT2D eigenvalue weighted by molar-refractivity contribution is 0.577. The van der Waals surface area contributed by atoms with Crippen LogP contribution in [0.2, 0.25) is 0 Å². The van der Waals surface area contributed by atoms with Gasteiger partial charge in [-0.15, -0.1) is 0 Å². The van der Waals surface area contributed by atoms with E-state index >= 15 is 0 Å². The maximum Gasteiger partial charge on any atom is 0.258 e. The molecule has 2 rings (SSSR count). The Balaban J connectivity index is 1.96. The van der Waals surface area contributed by atoms with Crippen molar-refractivity contribution in [2.45, 2.75) is 16.8 Å². The molecule has 1 aliphatic heterocycles. The summed E-state index contributed by atoms with van der Waals surface area (Å²) in [6, 6.07) is 3.18. The van der Waals surface area contributed by atoms with E-state index in [4.69, 9.17) is 5.73 Å². The van der Waals surface area contributed by atoms with Crippen LogP contribution in [0.5, 0.6) is 0 Å². The smallest absolute Gasteiger partial charge is 0.258 e. The standard InChI is InChI=1S/C11H17N3O2S3/c12-5-9-1-2-11(13-6-9)19(15,16)14-7-10-8-17-3-4-18-10/h1-2,6,10,14H,3-5,7-8,12H2. The van der Waals surface area contributed by atoms with Crippen molar-refractivity contribution in [1.82, 2.24) is 9.71 Å². The molecule has 0 spiro atoms. The van der Waals surface area contributed by atoms with Gasteiger partial charge in [0.05, 0.1) is 0 Å². The summed E-state index contributed by atoms with van der Waals surface area (Å²) in [7, 11) is -3.51. The van der Waals surface area contributed by atoms with Gasteiger partial charge in [0.2, 0.25) is 0 Å². The summed E-state index contributed by atoms with van der Waals surface area (Å²) in [6.07, 6.45) is 1.50. The first-order valence-electron chi connectivity index (χ1n) is 5.96. The van der Waals surface area contributed by atoms with Crippen molar-refractivity contribution >= 4 is 33.5 Å². The van der Waals surface area contributed by atoms with Gasteiger partial charge in [-0.2, -0.15) is 23.5 Å². The lowest BCUT2D eigenvalue weighted by Crippen LogP contribution is -2.33. The van der Waals surface area contributed by atoms with E-state index in [9.17, 15) is 8.42 Å². The minimum Gasteiger partial charge on any atom is -0.326 e. The number of nitrogens with zero attached hydrogens (tertiary/aromatic N) is 1. The summed E-state index contributed by atoms with van der Waals surface area (Å²) < 4.78 is 26.7. The maximum atomic E-state index is 12.1. The second-order valence-corrected chi connectivity index (χ2v) is 8.40. The van der Waals surface area contributed by atoms with Crippen molar-refractivity contribution in [3.05, 3.63) is 23.9 Å². The Bertz CT molecular complexity index is 498. The third kappa shape index (κ3) is 4.35. The second-order valence-electron chi connectivity index (χ2n) is 4.13. The van der Waals surface area contributed by atoms with Gasteiger partial charge in [-0.1, -0.05) is 6.07 Å². The van der Waals surface area contributed by atoms with Gasteiger partial charge < -0.3 is 5.73 Å². The van der Waals surface area contributed by atoms with Gasteiger partial charge in [-0.3, -0.25) is 0 Å². The van der Waals surface area contributed by atoms with Crippen molar-refractivity contribution in [2.75, 3.05) is 23.8 Å². The normalized spacial score (nSPS) is 20.4. The molecule has 8 heteroatoms. The van der Waals surface area contributed by atoms with Crippen LogP contribution >= 0.6 is 23.5 Å². The first kappa shape index (κ1) is 15.1. The second kappa shape index (κ2) is 6.94. The van der Waals surface area contributed by atoms with Gasteiger partial charge in [-0.05, 0) is 11.6 Å². The van der Waals surface area contributed by atoms with Crippen LogP contribution in [0.1, 0.15) is 5.56 Å². The lowest BCUT2D eigenvalue weighted by Gasteiger charge is -2.20. The van der Waals surface area contributed by atoms with Gasteiger partial charge in [0, 0.05) is 41.8 Å². The number of hydrogen-bond donors (Lipinski definition) is 2. The molecular formula is C11H17N3O2S3. The molecule has 0 saturated carbocycles. The molecule has 1 atom stereocenters. The maximum absolute atomic E-state index is 12.1. The zero-order valence-electron chi connectivity index (χ0n) is 10.4. The molecule has 0 radical (unpaired) electrons. The molecule has 0 amide bonds. The van der Waals surface area contributed by atoms with Gasteiger partial charge in [0.15, 0.2) is 5.03 Å². The largest absolute Gasteiger partial charge is 0.326 e. The van der Waals surface area contributed by atoms with Crippen LogP contribution in [0.3, 0.4) is 0 Å². The Hall–Kier alpha value is -0.280.